The maximum absolute atomic E-state index is 14.0. The SMILES string of the molecule is O=S(=O)(Oc1c(F)c(F)c(F)c(F)c1F)c1ccc2c(c1)OCC[C@@H]2c1ccc(C(F)(F)F)cc1CCC(F)I. The standard InChI is InChI=1S/C25H16F9IO4S/c26-18(35)6-1-11-9-12(25(32,33)34)2-4-14(11)15-7-8-38-17-10-13(3-5-16(15)17)40(36,37)39-24-22(30)20(28)19(27)21(29)23(24)31/h2-5,9-10,15,18H,1,6-8H2/t15-,18?/m1/s1. The predicted molar refractivity (Wildman–Crippen MR) is 131 cm³/mol. The minimum Gasteiger partial charge on any atom is -0.493 e. The zero-order valence-electron chi connectivity index (χ0n) is 19.8. The van der Waals surface area contributed by atoms with Crippen LogP contribution in [0.3, 0.4) is 0 Å². The van der Waals surface area contributed by atoms with Crippen molar-refractivity contribution >= 4 is 32.7 Å². The lowest BCUT2D eigenvalue weighted by molar-refractivity contribution is -0.137. The highest BCUT2D eigenvalue weighted by atomic mass is 127. The molecular weight excluding hydrogens is 694 g/mol. The second-order valence-corrected chi connectivity index (χ2v) is 11.6. The molecule has 0 aromatic heterocycles. The molecule has 3 aromatic rings. The summed E-state index contributed by atoms with van der Waals surface area (Å²) in [4.78, 5) is -0.756. The lowest BCUT2D eigenvalue weighted by atomic mass is 9.82. The normalized spacial score (nSPS) is 16.3. The van der Waals surface area contributed by atoms with E-state index in [9.17, 15) is 47.9 Å². The average molecular weight is 710 g/mol. The van der Waals surface area contributed by atoms with E-state index in [-0.39, 0.29) is 37.2 Å². The van der Waals surface area contributed by atoms with Gasteiger partial charge in [-0.25, -0.2) is 17.6 Å². The Hall–Kier alpha value is -2.69. The third kappa shape index (κ3) is 5.99. The van der Waals surface area contributed by atoms with Gasteiger partial charge in [-0.3, -0.25) is 0 Å². The lowest BCUT2D eigenvalue weighted by Crippen LogP contribution is -2.19. The van der Waals surface area contributed by atoms with Gasteiger partial charge in [0, 0.05) is 17.5 Å². The maximum atomic E-state index is 14.0. The number of aryl methyl sites for hydroxylation is 1. The van der Waals surface area contributed by atoms with Gasteiger partial charge in [0.1, 0.15) is 10.6 Å². The van der Waals surface area contributed by atoms with Gasteiger partial charge in [-0.2, -0.15) is 30.4 Å². The Morgan fingerprint density at radius 1 is 0.925 bits per heavy atom. The molecular formula is C25H16F9IO4S. The molecule has 0 saturated carbocycles. The van der Waals surface area contributed by atoms with Crippen LogP contribution in [-0.4, -0.2) is 19.2 Å². The third-order valence-electron chi connectivity index (χ3n) is 6.15. The van der Waals surface area contributed by atoms with Crippen molar-refractivity contribution in [2.75, 3.05) is 6.61 Å². The van der Waals surface area contributed by atoms with Crippen molar-refractivity contribution < 1.29 is 56.9 Å². The van der Waals surface area contributed by atoms with Crippen molar-refractivity contribution in [3.8, 4) is 11.5 Å². The molecule has 4 rings (SSSR count). The number of hydrogen-bond donors (Lipinski definition) is 0. The Kier molecular flexibility index (Phi) is 8.55. The van der Waals surface area contributed by atoms with Crippen LogP contribution in [0.5, 0.6) is 11.5 Å². The number of alkyl halides is 5. The summed E-state index contributed by atoms with van der Waals surface area (Å²) in [5.41, 5.74) is 0.0871. The number of ether oxygens (including phenoxy) is 1. The Morgan fingerprint density at radius 3 is 2.12 bits per heavy atom. The molecule has 2 atom stereocenters. The van der Waals surface area contributed by atoms with Gasteiger partial charge in [0.05, 0.1) is 12.2 Å². The van der Waals surface area contributed by atoms with E-state index in [1.807, 2.05) is 0 Å². The Morgan fingerprint density at radius 2 is 1.52 bits per heavy atom. The van der Waals surface area contributed by atoms with Crippen molar-refractivity contribution in [1.82, 2.24) is 0 Å². The van der Waals surface area contributed by atoms with Gasteiger partial charge in [0.2, 0.25) is 34.8 Å². The first-order valence-corrected chi connectivity index (χ1v) is 14.0. The van der Waals surface area contributed by atoms with Gasteiger partial charge in [-0.15, -0.1) is 0 Å². The molecule has 40 heavy (non-hydrogen) atoms. The van der Waals surface area contributed by atoms with Crippen molar-refractivity contribution in [2.45, 2.75) is 40.4 Å². The highest BCUT2D eigenvalue weighted by Gasteiger charge is 2.34. The molecule has 1 aliphatic heterocycles. The summed E-state index contributed by atoms with van der Waals surface area (Å²) in [5, 5.41) is 0. The molecule has 1 heterocycles. The summed E-state index contributed by atoms with van der Waals surface area (Å²) in [7, 11) is -5.15. The van der Waals surface area contributed by atoms with E-state index in [0.717, 1.165) is 24.3 Å². The first-order valence-electron chi connectivity index (χ1n) is 11.3. The van der Waals surface area contributed by atoms with Crippen molar-refractivity contribution in [2.24, 2.45) is 0 Å². The van der Waals surface area contributed by atoms with Gasteiger partial charge in [-0.05, 0) is 71.2 Å². The number of halogens is 10. The minimum absolute atomic E-state index is 0.0156. The monoisotopic (exact) mass is 710 g/mol. The van der Waals surface area contributed by atoms with E-state index in [4.69, 9.17) is 4.74 Å². The molecule has 0 spiro atoms. The second-order valence-electron chi connectivity index (χ2n) is 8.67. The van der Waals surface area contributed by atoms with Gasteiger partial charge >= 0.3 is 16.3 Å². The second kappa shape index (κ2) is 11.3. The van der Waals surface area contributed by atoms with E-state index in [2.05, 4.69) is 4.18 Å². The van der Waals surface area contributed by atoms with Crippen LogP contribution in [0.2, 0.25) is 0 Å². The zero-order valence-corrected chi connectivity index (χ0v) is 22.7. The fraction of sp³-hybridized carbons (Fsp3) is 0.280. The van der Waals surface area contributed by atoms with E-state index < -0.39 is 71.7 Å². The van der Waals surface area contributed by atoms with E-state index in [1.54, 1.807) is 0 Å². The lowest BCUT2D eigenvalue weighted by Gasteiger charge is -2.29. The molecule has 3 aromatic carbocycles. The number of benzene rings is 3. The first-order chi connectivity index (χ1) is 18.6. The van der Waals surface area contributed by atoms with Gasteiger partial charge in [0.25, 0.3) is 0 Å². The number of fused-ring (bicyclic) bond motifs is 1. The van der Waals surface area contributed by atoms with Crippen molar-refractivity contribution in [3.05, 3.63) is 87.7 Å². The van der Waals surface area contributed by atoms with Crippen LogP contribution in [0, 0.1) is 29.1 Å². The van der Waals surface area contributed by atoms with Crippen LogP contribution in [0.4, 0.5) is 39.5 Å². The smallest absolute Gasteiger partial charge is 0.416 e. The molecule has 0 bridgehead atoms. The molecule has 0 amide bonds. The summed E-state index contributed by atoms with van der Waals surface area (Å²) in [6, 6.07) is 6.12. The molecule has 0 saturated heterocycles. The Bertz CT molecular complexity index is 1530. The molecule has 1 aliphatic rings. The minimum atomic E-state index is -5.15. The predicted octanol–water partition coefficient (Wildman–Crippen LogP) is 7.75. The van der Waals surface area contributed by atoms with E-state index in [0.29, 0.717) is 11.1 Å². The largest absolute Gasteiger partial charge is 0.493 e. The van der Waals surface area contributed by atoms with Crippen LogP contribution in [0.1, 0.15) is 41.0 Å². The van der Waals surface area contributed by atoms with Gasteiger partial charge in [-0.1, -0.05) is 12.1 Å². The highest BCUT2D eigenvalue weighted by Crippen LogP contribution is 2.43. The van der Waals surface area contributed by atoms with Crippen LogP contribution >= 0.6 is 22.6 Å². The average Bonchev–Trinajstić information content (AvgIpc) is 2.90. The summed E-state index contributed by atoms with van der Waals surface area (Å²) in [6.07, 6.45) is -4.45. The molecule has 15 heteroatoms. The van der Waals surface area contributed by atoms with Crippen LogP contribution < -0.4 is 8.92 Å². The summed E-state index contributed by atoms with van der Waals surface area (Å²) >= 11 is 1.50. The molecule has 0 N–H and O–H groups in total. The molecule has 216 valence electrons. The van der Waals surface area contributed by atoms with E-state index in [1.165, 1.54) is 34.7 Å². The molecule has 0 radical (unpaired) electrons. The third-order valence-corrected chi connectivity index (χ3v) is 7.99. The van der Waals surface area contributed by atoms with E-state index >= 15 is 0 Å². The molecule has 0 fully saturated rings. The molecule has 1 unspecified atom stereocenters. The maximum Gasteiger partial charge on any atom is 0.416 e. The zero-order chi connectivity index (χ0) is 29.6. The molecule has 0 aliphatic carbocycles. The van der Waals surface area contributed by atoms with Gasteiger partial charge in [0.15, 0.2) is 4.18 Å². The fourth-order valence-electron chi connectivity index (χ4n) is 4.27. The molecule has 4 nitrogen and oxygen atoms in total. The van der Waals surface area contributed by atoms with Gasteiger partial charge < -0.3 is 8.92 Å². The summed E-state index contributed by atoms with van der Waals surface area (Å²) in [6.45, 7) is -0.0157. The summed E-state index contributed by atoms with van der Waals surface area (Å²) in [5.74, 6) is -15.0. The van der Waals surface area contributed by atoms with Crippen LogP contribution in [-0.2, 0) is 22.7 Å². The number of hydrogen-bond acceptors (Lipinski definition) is 4. The van der Waals surface area contributed by atoms with Crippen molar-refractivity contribution in [1.29, 1.82) is 0 Å². The van der Waals surface area contributed by atoms with Crippen molar-refractivity contribution in [3.63, 3.8) is 0 Å². The topological polar surface area (TPSA) is 52.6 Å². The highest BCUT2D eigenvalue weighted by molar-refractivity contribution is 14.1. The van der Waals surface area contributed by atoms with Crippen LogP contribution in [0.25, 0.3) is 0 Å². The Labute approximate surface area is 235 Å². The number of rotatable bonds is 7. The first kappa shape index (κ1) is 30.3. The quantitative estimate of drug-likeness (QED) is 0.0629. The summed E-state index contributed by atoms with van der Waals surface area (Å²) < 4.78 is 156. The Balaban J connectivity index is 1.72. The fourth-order valence-corrected chi connectivity index (χ4v) is 5.53. The van der Waals surface area contributed by atoms with Crippen LogP contribution in [0.15, 0.2) is 41.3 Å².